The van der Waals surface area contributed by atoms with Crippen LogP contribution in [0.5, 0.6) is 0 Å². The number of hydrogen-bond donors (Lipinski definition) is 1. The lowest BCUT2D eigenvalue weighted by Crippen LogP contribution is -2.54. The summed E-state index contributed by atoms with van der Waals surface area (Å²) in [5, 5.41) is 0. The Morgan fingerprint density at radius 2 is 1.96 bits per heavy atom. The van der Waals surface area contributed by atoms with E-state index in [1.165, 1.54) is 17.7 Å². The van der Waals surface area contributed by atoms with E-state index >= 15 is 0 Å². The number of carbonyl (C=O) groups excluding carboxylic acids is 1. The van der Waals surface area contributed by atoms with Crippen LogP contribution in [0.1, 0.15) is 29.2 Å². The Kier molecular flexibility index (Phi) is 5.44. The summed E-state index contributed by atoms with van der Waals surface area (Å²) in [6.07, 6.45) is 0.415. The van der Waals surface area contributed by atoms with Crippen LogP contribution in [0.4, 0.5) is 4.39 Å². The lowest BCUT2D eigenvalue weighted by atomic mass is 9.87. The standard InChI is InChI=1S/C22H25FN2O3/c1-27-20-13-28-19(12-18(20)24)22(26)25-11-10-14-4-2-3-5-17(14)21(25)15-6-8-16(23)9-7-15/h2-9,18-21H,10-13,24H2,1H3/t18-,19+,20+,21-/m0/s1. The Hall–Kier alpha value is -2.28. The number of halogens is 1. The van der Waals surface area contributed by atoms with Crippen LogP contribution < -0.4 is 5.73 Å². The van der Waals surface area contributed by atoms with E-state index in [0.717, 1.165) is 17.5 Å². The molecule has 28 heavy (non-hydrogen) atoms. The topological polar surface area (TPSA) is 64.8 Å². The largest absolute Gasteiger partial charge is 0.377 e. The first-order chi connectivity index (χ1) is 13.6. The molecular formula is C22H25FN2O3. The molecule has 0 radical (unpaired) electrons. The highest BCUT2D eigenvalue weighted by molar-refractivity contribution is 5.82. The van der Waals surface area contributed by atoms with Crippen molar-refractivity contribution in [3.8, 4) is 0 Å². The van der Waals surface area contributed by atoms with Crippen molar-refractivity contribution in [3.63, 3.8) is 0 Å². The number of fused-ring (bicyclic) bond motifs is 1. The van der Waals surface area contributed by atoms with E-state index in [1.54, 1.807) is 19.2 Å². The van der Waals surface area contributed by atoms with E-state index < -0.39 is 6.10 Å². The Morgan fingerprint density at radius 1 is 1.21 bits per heavy atom. The fourth-order valence-corrected chi connectivity index (χ4v) is 4.21. The van der Waals surface area contributed by atoms with Crippen molar-refractivity contribution in [1.82, 2.24) is 4.90 Å². The molecule has 1 amide bonds. The molecule has 0 bridgehead atoms. The molecule has 1 fully saturated rings. The molecule has 148 valence electrons. The van der Waals surface area contributed by atoms with Crippen molar-refractivity contribution >= 4 is 5.91 Å². The summed E-state index contributed by atoms with van der Waals surface area (Å²) in [6.45, 7) is 0.889. The summed E-state index contributed by atoms with van der Waals surface area (Å²) in [6, 6.07) is 14.0. The second-order valence-electron chi connectivity index (χ2n) is 7.43. The summed E-state index contributed by atoms with van der Waals surface area (Å²) in [7, 11) is 1.60. The van der Waals surface area contributed by atoms with Gasteiger partial charge in [-0.2, -0.15) is 0 Å². The molecular weight excluding hydrogens is 359 g/mol. The fraction of sp³-hybridized carbons (Fsp3) is 0.409. The molecule has 2 aliphatic heterocycles. The molecule has 2 aromatic carbocycles. The zero-order valence-corrected chi connectivity index (χ0v) is 15.9. The van der Waals surface area contributed by atoms with Crippen molar-refractivity contribution in [2.24, 2.45) is 5.73 Å². The van der Waals surface area contributed by atoms with Crippen molar-refractivity contribution in [2.45, 2.75) is 37.1 Å². The summed E-state index contributed by atoms with van der Waals surface area (Å²) in [5.41, 5.74) is 9.34. The molecule has 4 rings (SSSR count). The van der Waals surface area contributed by atoms with Gasteiger partial charge in [0.05, 0.1) is 18.8 Å². The summed E-state index contributed by atoms with van der Waals surface area (Å²) in [5.74, 6) is -0.369. The Labute approximate surface area is 164 Å². The lowest BCUT2D eigenvalue weighted by molar-refractivity contribution is -0.156. The van der Waals surface area contributed by atoms with Crippen molar-refractivity contribution in [3.05, 3.63) is 71.0 Å². The number of ether oxygens (including phenoxy) is 2. The van der Waals surface area contributed by atoms with Gasteiger partial charge in [0.1, 0.15) is 11.9 Å². The summed E-state index contributed by atoms with van der Waals surface area (Å²) in [4.78, 5) is 15.2. The second-order valence-corrected chi connectivity index (χ2v) is 7.43. The smallest absolute Gasteiger partial charge is 0.252 e. The molecule has 0 spiro atoms. The minimum absolute atomic E-state index is 0.0752. The number of methoxy groups -OCH3 is 1. The Morgan fingerprint density at radius 3 is 2.68 bits per heavy atom. The number of nitrogens with zero attached hydrogens (tertiary/aromatic N) is 1. The lowest BCUT2D eigenvalue weighted by Gasteiger charge is -2.41. The highest BCUT2D eigenvalue weighted by Gasteiger charge is 2.39. The first kappa shape index (κ1) is 19.1. The van der Waals surface area contributed by atoms with Crippen LogP contribution in [0, 0.1) is 5.82 Å². The molecule has 4 atom stereocenters. The highest BCUT2D eigenvalue weighted by Crippen LogP contribution is 2.36. The molecule has 5 nitrogen and oxygen atoms in total. The van der Waals surface area contributed by atoms with Crippen molar-refractivity contribution < 1.29 is 18.7 Å². The molecule has 2 aromatic rings. The summed E-state index contributed by atoms with van der Waals surface area (Å²) >= 11 is 0. The predicted octanol–water partition coefficient (Wildman–Crippen LogP) is 2.43. The maximum absolute atomic E-state index is 13.5. The van der Waals surface area contributed by atoms with Crippen LogP contribution in [0.2, 0.25) is 0 Å². The predicted molar refractivity (Wildman–Crippen MR) is 103 cm³/mol. The summed E-state index contributed by atoms with van der Waals surface area (Å²) < 4.78 is 24.6. The van der Waals surface area contributed by atoms with Gasteiger partial charge in [0.25, 0.3) is 5.91 Å². The van der Waals surface area contributed by atoms with Gasteiger partial charge < -0.3 is 20.1 Å². The first-order valence-corrected chi connectivity index (χ1v) is 9.62. The van der Waals surface area contributed by atoms with Crippen LogP contribution in [-0.2, 0) is 20.7 Å². The van der Waals surface area contributed by atoms with Crippen molar-refractivity contribution in [2.75, 3.05) is 20.3 Å². The van der Waals surface area contributed by atoms with E-state index in [9.17, 15) is 9.18 Å². The number of amides is 1. The molecule has 0 aromatic heterocycles. The fourth-order valence-electron chi connectivity index (χ4n) is 4.21. The van der Waals surface area contributed by atoms with Gasteiger partial charge >= 0.3 is 0 Å². The third-order valence-electron chi connectivity index (χ3n) is 5.76. The zero-order valence-electron chi connectivity index (χ0n) is 15.9. The first-order valence-electron chi connectivity index (χ1n) is 9.62. The molecule has 0 saturated carbocycles. The number of rotatable bonds is 3. The minimum Gasteiger partial charge on any atom is -0.377 e. The Bertz CT molecular complexity index is 842. The van der Waals surface area contributed by atoms with Crippen molar-refractivity contribution in [1.29, 1.82) is 0 Å². The van der Waals surface area contributed by atoms with Crippen LogP contribution in [0.3, 0.4) is 0 Å². The van der Waals surface area contributed by atoms with Gasteiger partial charge in [-0.3, -0.25) is 4.79 Å². The number of carbonyl (C=O) groups is 1. The average Bonchev–Trinajstić information content (AvgIpc) is 2.73. The van der Waals surface area contributed by atoms with E-state index in [1.807, 2.05) is 23.1 Å². The number of nitrogens with two attached hydrogens (primary N) is 1. The third kappa shape index (κ3) is 3.55. The molecule has 2 aliphatic rings. The van der Waals surface area contributed by atoms with Crippen LogP contribution in [0.25, 0.3) is 0 Å². The molecule has 0 aliphatic carbocycles. The Balaban J connectivity index is 1.65. The van der Waals surface area contributed by atoms with Crippen LogP contribution >= 0.6 is 0 Å². The average molecular weight is 384 g/mol. The maximum Gasteiger partial charge on any atom is 0.252 e. The SMILES string of the molecule is CO[C@@H]1CO[C@@H](C(=O)N2CCc3ccccc3[C@@H]2c2ccc(F)cc2)C[C@@H]1N. The third-order valence-corrected chi connectivity index (χ3v) is 5.76. The number of benzene rings is 2. The van der Waals surface area contributed by atoms with Gasteiger partial charge in [0, 0.05) is 26.1 Å². The van der Waals surface area contributed by atoms with Gasteiger partial charge in [-0.15, -0.1) is 0 Å². The number of hydrogen-bond acceptors (Lipinski definition) is 4. The maximum atomic E-state index is 13.5. The van der Waals surface area contributed by atoms with E-state index in [2.05, 4.69) is 6.07 Å². The van der Waals surface area contributed by atoms with E-state index in [0.29, 0.717) is 19.6 Å². The molecule has 0 unspecified atom stereocenters. The second kappa shape index (κ2) is 7.99. The quantitative estimate of drug-likeness (QED) is 0.883. The normalized spacial score (nSPS) is 27.3. The van der Waals surface area contributed by atoms with Crippen LogP contribution in [0.15, 0.2) is 48.5 Å². The minimum atomic E-state index is -0.588. The molecule has 1 saturated heterocycles. The molecule has 2 heterocycles. The zero-order chi connectivity index (χ0) is 19.7. The van der Waals surface area contributed by atoms with Crippen LogP contribution in [-0.4, -0.2) is 49.3 Å². The van der Waals surface area contributed by atoms with E-state index in [4.69, 9.17) is 15.2 Å². The highest BCUT2D eigenvalue weighted by atomic mass is 19.1. The molecule has 2 N–H and O–H groups in total. The van der Waals surface area contributed by atoms with Gasteiger partial charge in [-0.25, -0.2) is 4.39 Å². The van der Waals surface area contributed by atoms with Gasteiger partial charge in [0.15, 0.2) is 0 Å². The van der Waals surface area contributed by atoms with Gasteiger partial charge in [0.2, 0.25) is 0 Å². The van der Waals surface area contributed by atoms with Gasteiger partial charge in [-0.1, -0.05) is 36.4 Å². The molecule has 6 heteroatoms. The monoisotopic (exact) mass is 384 g/mol. The van der Waals surface area contributed by atoms with E-state index in [-0.39, 0.29) is 29.9 Å². The van der Waals surface area contributed by atoms with Gasteiger partial charge in [-0.05, 0) is 35.2 Å².